The zero-order valence-electron chi connectivity index (χ0n) is 8.54. The van der Waals surface area contributed by atoms with E-state index in [1.807, 2.05) is 0 Å². The molecule has 1 rings (SSSR count). The average Bonchev–Trinajstić information content (AvgIpc) is 2.19. The van der Waals surface area contributed by atoms with Crippen LogP contribution >= 0.6 is 11.8 Å². The number of thioether (sulfide) groups is 1. The molecular formula is C10H11F2NO2S. The minimum atomic E-state index is -1.15. The lowest BCUT2D eigenvalue weighted by molar-refractivity contribution is -0.137. The Morgan fingerprint density at radius 2 is 2.12 bits per heavy atom. The van der Waals surface area contributed by atoms with Gasteiger partial charge >= 0.3 is 5.97 Å². The molecule has 0 saturated heterocycles. The van der Waals surface area contributed by atoms with E-state index < -0.39 is 30.1 Å². The van der Waals surface area contributed by atoms with Crippen LogP contribution in [-0.4, -0.2) is 17.3 Å². The van der Waals surface area contributed by atoms with Crippen LogP contribution in [-0.2, 0) is 4.79 Å². The highest BCUT2D eigenvalue weighted by molar-refractivity contribution is 7.98. The van der Waals surface area contributed by atoms with E-state index in [9.17, 15) is 13.6 Å². The van der Waals surface area contributed by atoms with Gasteiger partial charge in [-0.3, -0.25) is 4.79 Å². The topological polar surface area (TPSA) is 63.3 Å². The standard InChI is InChI=1S/C10H11F2NO2S/c1-16-9-3-6(11)5(2-7(9)12)8(13)4-10(14)15/h2-3,8H,4,13H2,1H3,(H,14,15). The Labute approximate surface area is 95.6 Å². The molecule has 0 amide bonds. The summed E-state index contributed by atoms with van der Waals surface area (Å²) in [5.74, 6) is -2.43. The number of benzene rings is 1. The van der Waals surface area contributed by atoms with Gasteiger partial charge in [0.1, 0.15) is 11.6 Å². The molecule has 3 nitrogen and oxygen atoms in total. The van der Waals surface area contributed by atoms with E-state index in [1.54, 1.807) is 6.26 Å². The largest absolute Gasteiger partial charge is 0.481 e. The molecule has 0 bridgehead atoms. The van der Waals surface area contributed by atoms with Gasteiger partial charge in [0.2, 0.25) is 0 Å². The van der Waals surface area contributed by atoms with Gasteiger partial charge < -0.3 is 10.8 Å². The number of hydrogen-bond donors (Lipinski definition) is 2. The molecule has 0 aromatic heterocycles. The summed E-state index contributed by atoms with van der Waals surface area (Å²) in [5, 5.41) is 8.51. The second-order valence-electron chi connectivity index (χ2n) is 3.21. The van der Waals surface area contributed by atoms with Gasteiger partial charge in [0.25, 0.3) is 0 Å². The Balaban J connectivity index is 3.05. The number of carbonyl (C=O) groups is 1. The number of carboxylic acid groups (broad SMARTS) is 1. The highest BCUT2D eigenvalue weighted by Crippen LogP contribution is 2.26. The lowest BCUT2D eigenvalue weighted by Gasteiger charge is -2.12. The van der Waals surface area contributed by atoms with Crippen LogP contribution in [0.1, 0.15) is 18.0 Å². The predicted molar refractivity (Wildman–Crippen MR) is 57.3 cm³/mol. The van der Waals surface area contributed by atoms with Crippen LogP contribution in [0, 0.1) is 11.6 Å². The van der Waals surface area contributed by atoms with Crippen molar-refractivity contribution in [3.63, 3.8) is 0 Å². The first-order valence-corrected chi connectivity index (χ1v) is 5.68. The van der Waals surface area contributed by atoms with Crippen LogP contribution in [0.15, 0.2) is 17.0 Å². The summed E-state index contributed by atoms with van der Waals surface area (Å²) in [6, 6.07) is 0.939. The molecule has 3 N–H and O–H groups in total. The molecule has 0 aliphatic heterocycles. The molecule has 0 aliphatic rings. The average molecular weight is 247 g/mol. The summed E-state index contributed by atoms with van der Waals surface area (Å²) in [5.41, 5.74) is 5.35. The SMILES string of the molecule is CSc1cc(F)c(C(N)CC(=O)O)cc1F. The van der Waals surface area contributed by atoms with Crippen molar-refractivity contribution >= 4 is 17.7 Å². The minimum Gasteiger partial charge on any atom is -0.481 e. The van der Waals surface area contributed by atoms with Crippen molar-refractivity contribution < 1.29 is 18.7 Å². The van der Waals surface area contributed by atoms with E-state index in [2.05, 4.69) is 0 Å². The van der Waals surface area contributed by atoms with Crippen molar-refractivity contribution in [2.24, 2.45) is 5.73 Å². The first kappa shape index (κ1) is 12.9. The molecule has 0 aliphatic carbocycles. The lowest BCUT2D eigenvalue weighted by atomic mass is 10.0. The van der Waals surface area contributed by atoms with Crippen molar-refractivity contribution in [3.8, 4) is 0 Å². The second-order valence-corrected chi connectivity index (χ2v) is 4.06. The fourth-order valence-corrected chi connectivity index (χ4v) is 1.76. The molecule has 1 unspecified atom stereocenters. The Morgan fingerprint density at radius 3 is 2.62 bits per heavy atom. The summed E-state index contributed by atoms with van der Waals surface area (Å²) < 4.78 is 26.8. The fraction of sp³-hybridized carbons (Fsp3) is 0.300. The van der Waals surface area contributed by atoms with Gasteiger partial charge in [-0.2, -0.15) is 0 Å². The summed E-state index contributed by atoms with van der Waals surface area (Å²) in [7, 11) is 0. The maximum atomic E-state index is 13.5. The van der Waals surface area contributed by atoms with Crippen LogP contribution in [0.4, 0.5) is 8.78 Å². The number of carboxylic acids is 1. The third-order valence-electron chi connectivity index (χ3n) is 2.07. The number of nitrogens with two attached hydrogens (primary N) is 1. The zero-order valence-corrected chi connectivity index (χ0v) is 9.35. The van der Waals surface area contributed by atoms with Crippen molar-refractivity contribution in [1.29, 1.82) is 0 Å². The number of rotatable bonds is 4. The molecule has 1 atom stereocenters. The Morgan fingerprint density at radius 1 is 1.50 bits per heavy atom. The fourth-order valence-electron chi connectivity index (χ4n) is 1.28. The predicted octanol–water partition coefficient (Wildman–Crippen LogP) is 2.16. The van der Waals surface area contributed by atoms with Crippen LogP contribution in [0.25, 0.3) is 0 Å². The van der Waals surface area contributed by atoms with Crippen molar-refractivity contribution in [3.05, 3.63) is 29.3 Å². The van der Waals surface area contributed by atoms with Crippen LogP contribution in [0.5, 0.6) is 0 Å². The molecule has 0 spiro atoms. The van der Waals surface area contributed by atoms with E-state index in [4.69, 9.17) is 10.8 Å². The molecule has 1 aromatic rings. The number of halogens is 2. The van der Waals surface area contributed by atoms with Gasteiger partial charge in [-0.05, 0) is 18.4 Å². The molecule has 0 heterocycles. The number of aliphatic carboxylic acids is 1. The third kappa shape index (κ3) is 2.93. The summed E-state index contributed by atoms with van der Waals surface area (Å²) in [4.78, 5) is 10.6. The minimum absolute atomic E-state index is 0.113. The Kier molecular flexibility index (Phi) is 4.26. The molecular weight excluding hydrogens is 236 g/mol. The van der Waals surface area contributed by atoms with Gasteiger partial charge in [-0.25, -0.2) is 8.78 Å². The third-order valence-corrected chi connectivity index (χ3v) is 2.82. The molecule has 0 fully saturated rings. The smallest absolute Gasteiger partial charge is 0.305 e. The van der Waals surface area contributed by atoms with Gasteiger partial charge in [-0.15, -0.1) is 11.8 Å². The lowest BCUT2D eigenvalue weighted by Crippen LogP contribution is -2.16. The van der Waals surface area contributed by atoms with Gasteiger partial charge in [0, 0.05) is 16.5 Å². The summed E-state index contributed by atoms with van der Waals surface area (Å²) >= 11 is 1.07. The summed E-state index contributed by atoms with van der Waals surface area (Å²) in [6.45, 7) is 0. The molecule has 6 heteroatoms. The van der Waals surface area contributed by atoms with E-state index in [0.717, 1.165) is 23.9 Å². The van der Waals surface area contributed by atoms with Crippen LogP contribution in [0.3, 0.4) is 0 Å². The van der Waals surface area contributed by atoms with Crippen molar-refractivity contribution in [1.82, 2.24) is 0 Å². The maximum Gasteiger partial charge on any atom is 0.305 e. The van der Waals surface area contributed by atoms with Crippen LogP contribution < -0.4 is 5.73 Å². The van der Waals surface area contributed by atoms with E-state index >= 15 is 0 Å². The molecule has 0 radical (unpaired) electrons. The van der Waals surface area contributed by atoms with Crippen LogP contribution in [0.2, 0.25) is 0 Å². The quantitative estimate of drug-likeness (QED) is 0.800. The van der Waals surface area contributed by atoms with E-state index in [-0.39, 0.29) is 10.5 Å². The first-order valence-electron chi connectivity index (χ1n) is 4.46. The highest BCUT2D eigenvalue weighted by atomic mass is 32.2. The Bertz CT molecular complexity index is 412. The van der Waals surface area contributed by atoms with Crippen molar-refractivity contribution in [2.75, 3.05) is 6.26 Å². The molecule has 1 aromatic carbocycles. The van der Waals surface area contributed by atoms with Crippen molar-refractivity contribution in [2.45, 2.75) is 17.4 Å². The van der Waals surface area contributed by atoms with E-state index in [0.29, 0.717) is 0 Å². The molecule has 16 heavy (non-hydrogen) atoms. The monoisotopic (exact) mass is 247 g/mol. The Hall–Kier alpha value is -1.14. The van der Waals surface area contributed by atoms with Gasteiger partial charge in [0.05, 0.1) is 6.42 Å². The first-order chi connectivity index (χ1) is 7.45. The molecule has 0 saturated carbocycles. The van der Waals surface area contributed by atoms with Gasteiger partial charge in [0.15, 0.2) is 0 Å². The molecule has 88 valence electrons. The number of hydrogen-bond acceptors (Lipinski definition) is 3. The van der Waals surface area contributed by atoms with Gasteiger partial charge in [-0.1, -0.05) is 0 Å². The summed E-state index contributed by atoms with van der Waals surface area (Å²) in [6.07, 6.45) is 1.18. The highest BCUT2D eigenvalue weighted by Gasteiger charge is 2.17. The second kappa shape index (κ2) is 5.27. The normalized spacial score (nSPS) is 12.5. The van der Waals surface area contributed by atoms with E-state index in [1.165, 1.54) is 0 Å². The maximum absolute atomic E-state index is 13.5. The zero-order chi connectivity index (χ0) is 12.3.